The molecule has 0 atom stereocenters. The summed E-state index contributed by atoms with van der Waals surface area (Å²) >= 11 is 0. The minimum absolute atomic E-state index is 0.253. The first-order valence-electron chi connectivity index (χ1n) is 8.79. The lowest BCUT2D eigenvalue weighted by Gasteiger charge is -2.16. The predicted molar refractivity (Wildman–Crippen MR) is 107 cm³/mol. The lowest BCUT2D eigenvalue weighted by atomic mass is 9.91. The molecule has 132 valence electrons. The largest absolute Gasteiger partial charge is 0.507 e. The van der Waals surface area contributed by atoms with Crippen molar-refractivity contribution in [3.8, 4) is 11.5 Å². The molecule has 2 heteroatoms. The van der Waals surface area contributed by atoms with Gasteiger partial charge in [0.2, 0.25) is 0 Å². The molecule has 0 radical (unpaired) electrons. The van der Waals surface area contributed by atoms with Crippen LogP contribution in [0.25, 0.3) is 11.1 Å². The zero-order chi connectivity index (χ0) is 18.7. The van der Waals surface area contributed by atoms with Crippen molar-refractivity contribution in [1.29, 1.82) is 0 Å². The van der Waals surface area contributed by atoms with Gasteiger partial charge in [-0.2, -0.15) is 0 Å². The number of phenolic OH excluding ortho intramolecular Hbond substituents is 2. The summed E-state index contributed by atoms with van der Waals surface area (Å²) in [7, 11) is 0. The number of aryl methyl sites for hydroxylation is 2. The molecule has 0 unspecified atom stereocenters. The molecule has 0 aliphatic carbocycles. The first-order chi connectivity index (χ1) is 11.8. The maximum Gasteiger partial charge on any atom is 0.126 e. The van der Waals surface area contributed by atoms with E-state index in [1.54, 1.807) is 0 Å². The third kappa shape index (κ3) is 3.96. The average molecular weight is 336 g/mol. The molecule has 0 heterocycles. The Morgan fingerprint density at radius 2 is 1.12 bits per heavy atom. The van der Waals surface area contributed by atoms with Crippen molar-refractivity contribution < 1.29 is 10.2 Å². The SMILES string of the molecule is C=C(C)c1cc(CC)cc(Cc2cc(CC)cc(C(=C)C)c2O)c1O. The van der Waals surface area contributed by atoms with E-state index in [1.807, 2.05) is 38.1 Å². The molecule has 0 aliphatic rings. The summed E-state index contributed by atoms with van der Waals surface area (Å²) in [6.45, 7) is 15.9. The summed E-state index contributed by atoms with van der Waals surface area (Å²) in [5.41, 5.74) is 7.16. The topological polar surface area (TPSA) is 40.5 Å². The number of aromatic hydroxyl groups is 2. The van der Waals surface area contributed by atoms with Crippen LogP contribution in [0.1, 0.15) is 61.1 Å². The molecule has 2 nitrogen and oxygen atoms in total. The third-order valence-corrected chi connectivity index (χ3v) is 4.61. The molecule has 0 saturated carbocycles. The van der Waals surface area contributed by atoms with Crippen molar-refractivity contribution in [3.05, 3.63) is 70.8 Å². The summed E-state index contributed by atoms with van der Waals surface area (Å²) in [5.74, 6) is 0.505. The highest BCUT2D eigenvalue weighted by Crippen LogP contribution is 2.36. The van der Waals surface area contributed by atoms with Crippen LogP contribution in [0.3, 0.4) is 0 Å². The molecular formula is C23H28O2. The van der Waals surface area contributed by atoms with Crippen molar-refractivity contribution in [2.24, 2.45) is 0 Å². The van der Waals surface area contributed by atoms with Crippen molar-refractivity contribution in [2.45, 2.75) is 47.0 Å². The van der Waals surface area contributed by atoms with E-state index < -0.39 is 0 Å². The van der Waals surface area contributed by atoms with E-state index in [9.17, 15) is 10.2 Å². The highest BCUT2D eigenvalue weighted by Gasteiger charge is 2.15. The molecule has 0 aliphatic heterocycles. The molecule has 0 spiro atoms. The fraction of sp³-hybridized carbons (Fsp3) is 0.304. The van der Waals surface area contributed by atoms with Gasteiger partial charge in [0.25, 0.3) is 0 Å². The Morgan fingerprint density at radius 3 is 1.40 bits per heavy atom. The molecule has 2 aromatic rings. The molecule has 0 saturated heterocycles. The van der Waals surface area contributed by atoms with Gasteiger partial charge in [0.05, 0.1) is 0 Å². The van der Waals surface area contributed by atoms with Gasteiger partial charge in [-0.1, -0.05) is 39.1 Å². The zero-order valence-electron chi connectivity index (χ0n) is 15.7. The van der Waals surface area contributed by atoms with Crippen LogP contribution in [-0.4, -0.2) is 10.2 Å². The normalized spacial score (nSPS) is 10.7. The molecular weight excluding hydrogens is 308 g/mol. The number of phenols is 2. The van der Waals surface area contributed by atoms with Crippen LogP contribution in [0.2, 0.25) is 0 Å². The standard InChI is InChI=1S/C23H28O2/c1-7-16-9-18(22(24)20(11-16)14(3)4)13-19-10-17(8-2)12-21(15(5)6)23(19)25/h9-12,24-25H,3,5,7-8,13H2,1-2,4,6H3. The van der Waals surface area contributed by atoms with Crippen LogP contribution in [0.4, 0.5) is 0 Å². The van der Waals surface area contributed by atoms with Crippen LogP contribution in [-0.2, 0) is 19.3 Å². The molecule has 0 amide bonds. The molecule has 0 aromatic heterocycles. The minimum Gasteiger partial charge on any atom is -0.507 e. The number of rotatable bonds is 6. The van der Waals surface area contributed by atoms with Gasteiger partial charge in [-0.05, 0) is 72.2 Å². The van der Waals surface area contributed by atoms with E-state index in [0.717, 1.165) is 57.4 Å². The molecule has 25 heavy (non-hydrogen) atoms. The lowest BCUT2D eigenvalue weighted by Crippen LogP contribution is -1.98. The highest BCUT2D eigenvalue weighted by molar-refractivity contribution is 5.71. The quantitative estimate of drug-likeness (QED) is 0.691. The van der Waals surface area contributed by atoms with Crippen LogP contribution in [0, 0.1) is 0 Å². The van der Waals surface area contributed by atoms with E-state index in [2.05, 4.69) is 27.0 Å². The minimum atomic E-state index is 0.253. The average Bonchev–Trinajstić information content (AvgIpc) is 2.57. The van der Waals surface area contributed by atoms with Gasteiger partial charge in [-0.25, -0.2) is 0 Å². The monoisotopic (exact) mass is 336 g/mol. The van der Waals surface area contributed by atoms with E-state index >= 15 is 0 Å². The summed E-state index contributed by atoms with van der Waals surface area (Å²) in [6.07, 6.45) is 2.23. The van der Waals surface area contributed by atoms with Crippen LogP contribution in [0.15, 0.2) is 37.4 Å². The Bertz CT molecular complexity index is 759. The van der Waals surface area contributed by atoms with E-state index in [0.29, 0.717) is 6.42 Å². The van der Waals surface area contributed by atoms with E-state index in [1.165, 1.54) is 0 Å². The second-order valence-corrected chi connectivity index (χ2v) is 6.75. The molecule has 2 N–H and O–H groups in total. The number of hydrogen-bond donors (Lipinski definition) is 2. The van der Waals surface area contributed by atoms with Crippen molar-refractivity contribution in [1.82, 2.24) is 0 Å². The molecule has 0 bridgehead atoms. The van der Waals surface area contributed by atoms with Gasteiger partial charge in [-0.15, -0.1) is 0 Å². The van der Waals surface area contributed by atoms with Gasteiger partial charge in [-0.3, -0.25) is 0 Å². The Morgan fingerprint density at radius 1 is 0.760 bits per heavy atom. The molecule has 0 fully saturated rings. The Hall–Kier alpha value is -2.48. The fourth-order valence-corrected chi connectivity index (χ4v) is 3.05. The Kier molecular flexibility index (Phi) is 5.73. The molecule has 2 aromatic carbocycles. The predicted octanol–water partition coefficient (Wildman–Crippen LogP) is 5.88. The maximum atomic E-state index is 10.7. The lowest BCUT2D eigenvalue weighted by molar-refractivity contribution is 0.461. The first-order valence-corrected chi connectivity index (χ1v) is 8.79. The zero-order valence-corrected chi connectivity index (χ0v) is 15.7. The summed E-state index contributed by atoms with van der Waals surface area (Å²) < 4.78 is 0. The van der Waals surface area contributed by atoms with Crippen molar-refractivity contribution >= 4 is 11.1 Å². The number of hydrogen-bond acceptors (Lipinski definition) is 2. The Balaban J connectivity index is 2.60. The fourth-order valence-electron chi connectivity index (χ4n) is 3.05. The maximum absolute atomic E-state index is 10.7. The van der Waals surface area contributed by atoms with Gasteiger partial charge < -0.3 is 10.2 Å². The smallest absolute Gasteiger partial charge is 0.126 e. The number of benzene rings is 2. The van der Waals surface area contributed by atoms with Gasteiger partial charge in [0.1, 0.15) is 11.5 Å². The van der Waals surface area contributed by atoms with Crippen LogP contribution >= 0.6 is 0 Å². The van der Waals surface area contributed by atoms with Crippen LogP contribution in [0.5, 0.6) is 11.5 Å². The van der Waals surface area contributed by atoms with Gasteiger partial charge in [0, 0.05) is 17.5 Å². The third-order valence-electron chi connectivity index (χ3n) is 4.61. The van der Waals surface area contributed by atoms with Gasteiger partial charge in [0.15, 0.2) is 0 Å². The molecule has 2 rings (SSSR count). The van der Waals surface area contributed by atoms with E-state index in [4.69, 9.17) is 0 Å². The van der Waals surface area contributed by atoms with Crippen LogP contribution < -0.4 is 0 Å². The summed E-state index contributed by atoms with van der Waals surface area (Å²) in [6, 6.07) is 8.01. The summed E-state index contributed by atoms with van der Waals surface area (Å²) in [5, 5.41) is 21.4. The Labute approximate surface area is 151 Å². The van der Waals surface area contributed by atoms with Gasteiger partial charge >= 0.3 is 0 Å². The summed E-state index contributed by atoms with van der Waals surface area (Å²) in [4.78, 5) is 0. The number of allylic oxidation sites excluding steroid dienone is 2. The second-order valence-electron chi connectivity index (χ2n) is 6.75. The van der Waals surface area contributed by atoms with E-state index in [-0.39, 0.29) is 11.5 Å². The highest BCUT2D eigenvalue weighted by atomic mass is 16.3. The first kappa shape index (κ1) is 18.9. The van der Waals surface area contributed by atoms with Crippen molar-refractivity contribution in [3.63, 3.8) is 0 Å². The van der Waals surface area contributed by atoms with Crippen molar-refractivity contribution in [2.75, 3.05) is 0 Å². The second kappa shape index (κ2) is 7.60.